The molecular formula is C21H29NO3S. The van der Waals surface area contributed by atoms with Gasteiger partial charge in [0.2, 0.25) is 5.91 Å². The van der Waals surface area contributed by atoms with Gasteiger partial charge in [-0.2, -0.15) is 0 Å². The first-order valence-electron chi connectivity index (χ1n) is 10.2. The Morgan fingerprint density at radius 1 is 1.19 bits per heavy atom. The summed E-state index contributed by atoms with van der Waals surface area (Å²) in [6, 6.07) is 0. The van der Waals surface area contributed by atoms with Gasteiger partial charge in [-0.15, -0.1) is 11.3 Å². The molecule has 0 unspecified atom stereocenters. The second kappa shape index (κ2) is 7.34. The van der Waals surface area contributed by atoms with Crippen LogP contribution >= 0.6 is 11.3 Å². The standard InChI is InChI=1S/C21H29NO3S/c1-3-12-6-8-15-17(11-12)26-20(18(15)21(24)25-4-2)22-19(23)16-10-13-5-7-14(16)9-13/h12-14,16H,3-11H2,1-2H3,(H,22,23)/t12-,13+,14-,16-/m1/s1. The van der Waals surface area contributed by atoms with Gasteiger partial charge in [-0.05, 0) is 68.8 Å². The van der Waals surface area contributed by atoms with Crippen molar-refractivity contribution in [2.75, 3.05) is 11.9 Å². The van der Waals surface area contributed by atoms with Gasteiger partial charge >= 0.3 is 5.97 Å². The van der Waals surface area contributed by atoms with Crippen molar-refractivity contribution < 1.29 is 14.3 Å². The fraction of sp³-hybridized carbons (Fsp3) is 0.714. The minimum absolute atomic E-state index is 0.119. The summed E-state index contributed by atoms with van der Waals surface area (Å²) in [7, 11) is 0. The Morgan fingerprint density at radius 2 is 2.04 bits per heavy atom. The normalized spacial score (nSPS) is 29.5. The molecule has 142 valence electrons. The van der Waals surface area contributed by atoms with E-state index >= 15 is 0 Å². The number of nitrogens with one attached hydrogen (secondary N) is 1. The molecule has 0 spiro atoms. The van der Waals surface area contributed by atoms with Crippen LogP contribution in [0.15, 0.2) is 0 Å². The predicted molar refractivity (Wildman–Crippen MR) is 104 cm³/mol. The van der Waals surface area contributed by atoms with Crippen LogP contribution in [0.4, 0.5) is 5.00 Å². The Hall–Kier alpha value is -1.36. The number of fused-ring (bicyclic) bond motifs is 3. The van der Waals surface area contributed by atoms with Crippen LogP contribution in [0.5, 0.6) is 0 Å². The summed E-state index contributed by atoms with van der Waals surface area (Å²) in [5, 5.41) is 3.88. The smallest absolute Gasteiger partial charge is 0.341 e. The molecule has 3 aliphatic rings. The third kappa shape index (κ3) is 3.19. The number of amides is 1. The maximum atomic E-state index is 12.9. The van der Waals surface area contributed by atoms with E-state index in [-0.39, 0.29) is 17.8 Å². The molecule has 0 radical (unpaired) electrons. The van der Waals surface area contributed by atoms with E-state index in [4.69, 9.17) is 4.74 Å². The Labute approximate surface area is 159 Å². The number of ether oxygens (including phenoxy) is 1. The van der Waals surface area contributed by atoms with Gasteiger partial charge < -0.3 is 10.1 Å². The fourth-order valence-corrected chi connectivity index (χ4v) is 6.63. The van der Waals surface area contributed by atoms with Crippen LogP contribution in [0, 0.1) is 23.7 Å². The lowest BCUT2D eigenvalue weighted by Crippen LogP contribution is -2.27. The molecule has 1 amide bonds. The van der Waals surface area contributed by atoms with Crippen LogP contribution in [-0.4, -0.2) is 18.5 Å². The van der Waals surface area contributed by atoms with Gasteiger partial charge in [-0.3, -0.25) is 4.79 Å². The van der Waals surface area contributed by atoms with E-state index in [0.29, 0.717) is 24.0 Å². The van der Waals surface area contributed by atoms with E-state index in [1.807, 2.05) is 6.92 Å². The van der Waals surface area contributed by atoms with Crippen molar-refractivity contribution in [2.24, 2.45) is 23.7 Å². The largest absolute Gasteiger partial charge is 0.462 e. The van der Waals surface area contributed by atoms with Crippen molar-refractivity contribution in [1.82, 2.24) is 0 Å². The second-order valence-corrected chi connectivity index (χ2v) is 9.32. The van der Waals surface area contributed by atoms with Crippen molar-refractivity contribution in [3.8, 4) is 0 Å². The number of thiophene rings is 1. The van der Waals surface area contributed by atoms with Gasteiger partial charge in [0.1, 0.15) is 5.00 Å². The number of hydrogen-bond donors (Lipinski definition) is 1. The van der Waals surface area contributed by atoms with E-state index in [1.165, 1.54) is 30.6 Å². The molecule has 26 heavy (non-hydrogen) atoms. The van der Waals surface area contributed by atoms with E-state index in [9.17, 15) is 9.59 Å². The zero-order valence-electron chi connectivity index (χ0n) is 15.8. The molecule has 4 nitrogen and oxygen atoms in total. The molecule has 1 N–H and O–H groups in total. The molecule has 1 aromatic rings. The summed E-state index contributed by atoms with van der Waals surface area (Å²) in [6.07, 6.45) is 8.93. The average molecular weight is 376 g/mol. The van der Waals surface area contributed by atoms with Crippen LogP contribution in [-0.2, 0) is 22.4 Å². The van der Waals surface area contributed by atoms with Crippen LogP contribution in [0.25, 0.3) is 0 Å². The molecule has 4 rings (SSSR count). The lowest BCUT2D eigenvalue weighted by Gasteiger charge is -2.21. The molecule has 2 bridgehead atoms. The van der Waals surface area contributed by atoms with E-state index in [2.05, 4.69) is 12.2 Å². The van der Waals surface area contributed by atoms with Gasteiger partial charge in [-0.1, -0.05) is 19.8 Å². The molecular weight excluding hydrogens is 346 g/mol. The third-order valence-electron chi connectivity index (χ3n) is 6.74. The molecule has 2 saturated carbocycles. The number of anilines is 1. The van der Waals surface area contributed by atoms with Crippen LogP contribution < -0.4 is 5.32 Å². The van der Waals surface area contributed by atoms with Gasteiger partial charge in [0.25, 0.3) is 0 Å². The average Bonchev–Trinajstić information content (AvgIpc) is 3.34. The molecule has 0 saturated heterocycles. The van der Waals surface area contributed by atoms with Crippen LogP contribution in [0.3, 0.4) is 0 Å². The summed E-state index contributed by atoms with van der Waals surface area (Å²) in [6.45, 7) is 4.42. The predicted octanol–water partition coefficient (Wildman–Crippen LogP) is 4.81. The molecule has 0 aliphatic heterocycles. The number of esters is 1. The Bertz CT molecular complexity index is 710. The minimum atomic E-state index is -0.275. The number of carbonyl (C=O) groups is 2. The zero-order valence-corrected chi connectivity index (χ0v) is 16.6. The van der Waals surface area contributed by atoms with Crippen molar-refractivity contribution in [2.45, 2.75) is 65.2 Å². The highest BCUT2D eigenvalue weighted by atomic mass is 32.1. The first-order chi connectivity index (χ1) is 12.6. The maximum absolute atomic E-state index is 12.9. The summed E-state index contributed by atoms with van der Waals surface area (Å²) in [5.74, 6) is 1.94. The summed E-state index contributed by atoms with van der Waals surface area (Å²) >= 11 is 1.61. The van der Waals surface area contributed by atoms with Crippen molar-refractivity contribution in [3.05, 3.63) is 16.0 Å². The maximum Gasteiger partial charge on any atom is 0.341 e. The van der Waals surface area contributed by atoms with Crippen molar-refractivity contribution in [3.63, 3.8) is 0 Å². The zero-order chi connectivity index (χ0) is 18.3. The highest BCUT2D eigenvalue weighted by Gasteiger charge is 2.43. The molecule has 2 fully saturated rings. The summed E-state index contributed by atoms with van der Waals surface area (Å²) in [5.41, 5.74) is 1.76. The molecule has 1 heterocycles. The van der Waals surface area contributed by atoms with Gasteiger partial charge in [-0.25, -0.2) is 4.79 Å². The summed E-state index contributed by atoms with van der Waals surface area (Å²) in [4.78, 5) is 26.8. The first kappa shape index (κ1) is 18.0. The molecule has 1 aromatic heterocycles. The van der Waals surface area contributed by atoms with E-state index < -0.39 is 0 Å². The molecule has 3 aliphatic carbocycles. The Balaban J connectivity index is 1.59. The van der Waals surface area contributed by atoms with E-state index in [0.717, 1.165) is 42.2 Å². The monoisotopic (exact) mass is 375 g/mol. The third-order valence-corrected chi connectivity index (χ3v) is 7.91. The highest BCUT2D eigenvalue weighted by molar-refractivity contribution is 7.17. The lowest BCUT2D eigenvalue weighted by atomic mass is 9.85. The number of rotatable bonds is 5. The second-order valence-electron chi connectivity index (χ2n) is 8.22. The van der Waals surface area contributed by atoms with Crippen LogP contribution in [0.2, 0.25) is 0 Å². The topological polar surface area (TPSA) is 55.4 Å². The highest BCUT2D eigenvalue weighted by Crippen LogP contribution is 2.49. The lowest BCUT2D eigenvalue weighted by molar-refractivity contribution is -0.121. The Kier molecular flexibility index (Phi) is 5.09. The first-order valence-corrected chi connectivity index (χ1v) is 11.0. The van der Waals surface area contributed by atoms with Gasteiger partial charge in [0.05, 0.1) is 12.2 Å². The van der Waals surface area contributed by atoms with Gasteiger partial charge in [0, 0.05) is 10.8 Å². The van der Waals surface area contributed by atoms with E-state index in [1.54, 1.807) is 11.3 Å². The SMILES string of the molecule is CCOC(=O)c1c(NC(=O)[C@@H]2C[C@H]3CC[C@@H]2C3)sc2c1CC[C@@H](CC)C2. The quantitative estimate of drug-likeness (QED) is 0.751. The fourth-order valence-electron chi connectivity index (χ4n) is 5.28. The Morgan fingerprint density at radius 3 is 2.69 bits per heavy atom. The number of hydrogen-bond acceptors (Lipinski definition) is 4. The molecule has 4 atom stereocenters. The van der Waals surface area contributed by atoms with Crippen molar-refractivity contribution in [1.29, 1.82) is 0 Å². The number of carbonyl (C=O) groups excluding carboxylic acids is 2. The summed E-state index contributed by atoms with van der Waals surface area (Å²) < 4.78 is 5.32. The molecule has 0 aromatic carbocycles. The van der Waals surface area contributed by atoms with Crippen molar-refractivity contribution >= 4 is 28.2 Å². The van der Waals surface area contributed by atoms with Crippen LogP contribution in [0.1, 0.15) is 73.2 Å². The molecule has 5 heteroatoms. The van der Waals surface area contributed by atoms with Gasteiger partial charge in [0.15, 0.2) is 0 Å². The minimum Gasteiger partial charge on any atom is -0.462 e.